The van der Waals surface area contributed by atoms with Crippen LogP contribution in [-0.4, -0.2) is 34.9 Å². The van der Waals surface area contributed by atoms with Crippen molar-refractivity contribution in [3.8, 4) is 11.5 Å². The number of ether oxygens (including phenoxy) is 1. The average molecular weight is 442 g/mol. The van der Waals surface area contributed by atoms with Gasteiger partial charge in [0.05, 0.1) is 11.8 Å². The van der Waals surface area contributed by atoms with Crippen LogP contribution in [0.1, 0.15) is 58.5 Å². The molecule has 1 amide bonds. The van der Waals surface area contributed by atoms with Crippen molar-refractivity contribution in [1.29, 1.82) is 0 Å². The fraction of sp³-hybridized carbons (Fsp3) is 0.391. The summed E-state index contributed by atoms with van der Waals surface area (Å²) in [4.78, 5) is 35.1. The summed E-state index contributed by atoms with van der Waals surface area (Å²) in [5, 5.41) is 3.14. The fourth-order valence-electron chi connectivity index (χ4n) is 3.15. The molecule has 1 N–H and O–H groups in total. The number of Topliss-reactive ketones (excluding diaryl/α,β-unsaturated/α-hetero) is 1. The quantitative estimate of drug-likeness (QED) is 0.345. The normalized spacial score (nSPS) is 12.0. The number of nitrogens with one attached hydrogen (secondary N) is 1. The third-order valence-electron chi connectivity index (χ3n) is 4.96. The molecule has 0 aliphatic heterocycles. The standard InChI is InChI=1S/C23H27N3O4S/c1-5-17-15(4)12-16(13-24-17)22(28)26-23-25-19(18-8-7-10-30-18)21(31-23)20(27)14(3)9-11-29-6-2/h7-8,10,12-14H,5-6,9,11H2,1-4H3,(H,25,26,28). The molecular formula is C23H27N3O4S. The Kier molecular flexibility index (Phi) is 7.70. The molecule has 0 saturated carbocycles. The predicted octanol–water partition coefficient (Wildman–Crippen LogP) is 5.17. The van der Waals surface area contributed by atoms with Crippen LogP contribution in [0.4, 0.5) is 5.13 Å². The molecule has 1 unspecified atom stereocenters. The Balaban J connectivity index is 1.85. The third-order valence-corrected chi connectivity index (χ3v) is 5.94. The number of pyridine rings is 1. The van der Waals surface area contributed by atoms with Gasteiger partial charge < -0.3 is 9.15 Å². The molecule has 3 heterocycles. The van der Waals surface area contributed by atoms with Gasteiger partial charge in [-0.15, -0.1) is 0 Å². The number of hydrogen-bond acceptors (Lipinski definition) is 7. The minimum absolute atomic E-state index is 0.0473. The lowest BCUT2D eigenvalue weighted by Crippen LogP contribution is -2.13. The summed E-state index contributed by atoms with van der Waals surface area (Å²) < 4.78 is 10.9. The summed E-state index contributed by atoms with van der Waals surface area (Å²) in [5.41, 5.74) is 2.81. The van der Waals surface area contributed by atoms with E-state index < -0.39 is 0 Å². The van der Waals surface area contributed by atoms with Gasteiger partial charge in [-0.3, -0.25) is 19.9 Å². The Morgan fingerprint density at radius 2 is 2.13 bits per heavy atom. The Bertz CT molecular complexity index is 1040. The van der Waals surface area contributed by atoms with Gasteiger partial charge in [-0.25, -0.2) is 4.98 Å². The van der Waals surface area contributed by atoms with E-state index >= 15 is 0 Å². The van der Waals surface area contributed by atoms with E-state index in [0.29, 0.717) is 46.7 Å². The molecule has 0 fully saturated rings. The number of carbonyl (C=O) groups excluding carboxylic acids is 2. The Labute approximate surface area is 185 Å². The van der Waals surface area contributed by atoms with E-state index in [1.807, 2.05) is 33.8 Å². The van der Waals surface area contributed by atoms with Gasteiger partial charge >= 0.3 is 0 Å². The van der Waals surface area contributed by atoms with Crippen LogP contribution < -0.4 is 5.32 Å². The Morgan fingerprint density at radius 1 is 1.32 bits per heavy atom. The number of aryl methyl sites for hydroxylation is 2. The predicted molar refractivity (Wildman–Crippen MR) is 121 cm³/mol. The highest BCUT2D eigenvalue weighted by Gasteiger charge is 2.26. The molecule has 0 saturated heterocycles. The summed E-state index contributed by atoms with van der Waals surface area (Å²) >= 11 is 1.15. The van der Waals surface area contributed by atoms with Gasteiger partial charge in [-0.1, -0.05) is 25.2 Å². The maximum atomic E-state index is 13.1. The molecule has 3 aromatic rings. The van der Waals surface area contributed by atoms with Crippen molar-refractivity contribution in [2.75, 3.05) is 18.5 Å². The highest BCUT2D eigenvalue weighted by atomic mass is 32.1. The highest BCUT2D eigenvalue weighted by molar-refractivity contribution is 7.18. The lowest BCUT2D eigenvalue weighted by Gasteiger charge is -2.09. The monoisotopic (exact) mass is 441 g/mol. The smallest absolute Gasteiger partial charge is 0.259 e. The molecule has 3 aromatic heterocycles. The van der Waals surface area contributed by atoms with Crippen molar-refractivity contribution >= 4 is 28.2 Å². The number of anilines is 1. The molecule has 31 heavy (non-hydrogen) atoms. The van der Waals surface area contributed by atoms with Crippen molar-refractivity contribution in [1.82, 2.24) is 9.97 Å². The average Bonchev–Trinajstić information content (AvgIpc) is 3.43. The van der Waals surface area contributed by atoms with Gasteiger partial charge in [0.15, 0.2) is 16.7 Å². The highest BCUT2D eigenvalue weighted by Crippen LogP contribution is 2.34. The van der Waals surface area contributed by atoms with Gasteiger partial charge in [0.1, 0.15) is 10.6 Å². The van der Waals surface area contributed by atoms with Crippen LogP contribution in [0.25, 0.3) is 11.5 Å². The second kappa shape index (κ2) is 10.5. The minimum atomic E-state index is -0.318. The van der Waals surface area contributed by atoms with E-state index in [1.54, 1.807) is 18.3 Å². The molecule has 0 bridgehead atoms. The number of carbonyl (C=O) groups is 2. The van der Waals surface area contributed by atoms with Crippen LogP contribution in [-0.2, 0) is 11.2 Å². The van der Waals surface area contributed by atoms with Crippen LogP contribution in [0.5, 0.6) is 0 Å². The number of rotatable bonds is 10. The molecule has 8 heteroatoms. The number of thiazole rings is 1. The van der Waals surface area contributed by atoms with Crippen LogP contribution in [0.15, 0.2) is 35.1 Å². The molecule has 0 radical (unpaired) electrons. The summed E-state index contributed by atoms with van der Waals surface area (Å²) in [7, 11) is 0. The first-order chi connectivity index (χ1) is 14.9. The van der Waals surface area contributed by atoms with Crippen LogP contribution in [0.3, 0.4) is 0 Å². The first-order valence-corrected chi connectivity index (χ1v) is 11.2. The molecule has 164 valence electrons. The summed E-state index contributed by atoms with van der Waals surface area (Å²) in [6.45, 7) is 8.88. The number of nitrogens with zero attached hydrogens (tertiary/aromatic N) is 2. The lowest BCUT2D eigenvalue weighted by atomic mass is 10.0. The molecule has 3 rings (SSSR count). The molecule has 0 spiro atoms. The van der Waals surface area contributed by atoms with Crippen molar-refractivity contribution in [3.05, 3.63) is 52.4 Å². The number of hydrogen-bond donors (Lipinski definition) is 1. The summed E-state index contributed by atoms with van der Waals surface area (Å²) in [6, 6.07) is 5.30. The number of aromatic nitrogens is 2. The van der Waals surface area contributed by atoms with E-state index in [0.717, 1.165) is 29.0 Å². The largest absolute Gasteiger partial charge is 0.463 e. The van der Waals surface area contributed by atoms with Crippen molar-refractivity contribution in [2.45, 2.75) is 40.5 Å². The molecule has 1 atom stereocenters. The number of amides is 1. The van der Waals surface area contributed by atoms with Crippen molar-refractivity contribution in [2.24, 2.45) is 5.92 Å². The topological polar surface area (TPSA) is 94.3 Å². The van der Waals surface area contributed by atoms with Gasteiger partial charge in [-0.05, 0) is 50.5 Å². The van der Waals surface area contributed by atoms with Gasteiger partial charge in [0.25, 0.3) is 5.91 Å². The number of furan rings is 1. The second-order valence-corrected chi connectivity index (χ2v) is 8.22. The third kappa shape index (κ3) is 5.45. The van der Waals surface area contributed by atoms with E-state index in [2.05, 4.69) is 15.3 Å². The zero-order valence-corrected chi connectivity index (χ0v) is 19.0. The van der Waals surface area contributed by atoms with Crippen LogP contribution in [0, 0.1) is 12.8 Å². The number of ketones is 1. The maximum absolute atomic E-state index is 13.1. The van der Waals surface area contributed by atoms with E-state index in [1.165, 1.54) is 6.26 Å². The maximum Gasteiger partial charge on any atom is 0.259 e. The zero-order valence-electron chi connectivity index (χ0n) is 18.2. The minimum Gasteiger partial charge on any atom is -0.463 e. The van der Waals surface area contributed by atoms with E-state index in [9.17, 15) is 9.59 Å². The van der Waals surface area contributed by atoms with Crippen LogP contribution >= 0.6 is 11.3 Å². The molecule has 0 aliphatic carbocycles. The molecular weight excluding hydrogens is 414 g/mol. The summed E-state index contributed by atoms with van der Waals surface area (Å²) in [5.74, 6) is -0.116. The first-order valence-electron chi connectivity index (χ1n) is 10.4. The molecule has 0 aromatic carbocycles. The molecule has 7 nitrogen and oxygen atoms in total. The fourth-order valence-corrected chi connectivity index (χ4v) is 4.17. The molecule has 0 aliphatic rings. The van der Waals surface area contributed by atoms with Gasteiger partial charge in [0, 0.05) is 31.0 Å². The SMILES string of the molecule is CCOCCC(C)C(=O)c1sc(NC(=O)c2cnc(CC)c(C)c2)nc1-c1ccco1. The Morgan fingerprint density at radius 3 is 2.77 bits per heavy atom. The Hall–Kier alpha value is -2.84. The van der Waals surface area contributed by atoms with Gasteiger partial charge in [-0.2, -0.15) is 0 Å². The van der Waals surface area contributed by atoms with Crippen molar-refractivity contribution in [3.63, 3.8) is 0 Å². The lowest BCUT2D eigenvalue weighted by molar-refractivity contribution is 0.0871. The first kappa shape index (κ1) is 22.8. The zero-order chi connectivity index (χ0) is 22.4. The van der Waals surface area contributed by atoms with Crippen molar-refractivity contribution < 1.29 is 18.7 Å². The summed E-state index contributed by atoms with van der Waals surface area (Å²) in [6.07, 6.45) is 4.51. The second-order valence-electron chi connectivity index (χ2n) is 7.22. The van der Waals surface area contributed by atoms with E-state index in [-0.39, 0.29) is 17.6 Å². The van der Waals surface area contributed by atoms with Gasteiger partial charge in [0.2, 0.25) is 0 Å². The van der Waals surface area contributed by atoms with Crippen LogP contribution in [0.2, 0.25) is 0 Å². The van der Waals surface area contributed by atoms with E-state index in [4.69, 9.17) is 9.15 Å².